The molecule has 0 fully saturated rings. The van der Waals surface area contributed by atoms with Crippen molar-refractivity contribution in [3.63, 3.8) is 0 Å². The van der Waals surface area contributed by atoms with Gasteiger partial charge in [0.05, 0.1) is 6.26 Å². The molecule has 0 amide bonds. The Morgan fingerprint density at radius 3 is 2.46 bits per heavy atom. The van der Waals surface area contributed by atoms with Crippen molar-refractivity contribution in [3.8, 4) is 11.6 Å². The molecule has 3 heterocycles. The van der Waals surface area contributed by atoms with Crippen LogP contribution in [0.2, 0.25) is 0 Å². The van der Waals surface area contributed by atoms with Gasteiger partial charge in [-0.2, -0.15) is 9.97 Å². The highest BCUT2D eigenvalue weighted by Gasteiger charge is 2.15. The molecule has 0 radical (unpaired) electrons. The number of H-pyrrole nitrogens is 1. The van der Waals surface area contributed by atoms with Gasteiger partial charge in [-0.15, -0.1) is 0 Å². The Bertz CT molecular complexity index is 791. The zero-order valence-electron chi connectivity index (χ0n) is 14.6. The van der Waals surface area contributed by atoms with Crippen molar-refractivity contribution in [1.82, 2.24) is 19.9 Å². The largest absolute Gasteiger partial charge is 0.461 e. The number of aromatic nitrogens is 4. The Morgan fingerprint density at radius 1 is 1.04 bits per heavy atom. The van der Waals surface area contributed by atoms with E-state index >= 15 is 0 Å². The molecule has 7 nitrogen and oxygen atoms in total. The molecule has 0 saturated heterocycles. The summed E-state index contributed by atoms with van der Waals surface area (Å²) < 4.78 is 5.42. The van der Waals surface area contributed by atoms with Gasteiger partial charge in [0.15, 0.2) is 23.0 Å². The zero-order chi connectivity index (χ0) is 17.1. The third kappa shape index (κ3) is 3.67. The van der Waals surface area contributed by atoms with Crippen molar-refractivity contribution in [1.29, 1.82) is 0 Å². The van der Waals surface area contributed by atoms with Crippen LogP contribution < -0.4 is 10.6 Å². The summed E-state index contributed by atoms with van der Waals surface area (Å²) in [6.07, 6.45) is 1.63. The summed E-state index contributed by atoms with van der Waals surface area (Å²) in [5.41, 5.74) is 1.41. The minimum Gasteiger partial charge on any atom is -0.461 e. The van der Waals surface area contributed by atoms with Crippen LogP contribution in [-0.2, 0) is 0 Å². The van der Waals surface area contributed by atoms with E-state index in [2.05, 4.69) is 58.3 Å². The lowest BCUT2D eigenvalue weighted by Crippen LogP contribution is -2.14. The SMILES string of the molecule is CC(C)CNc1nc(NCC(C)C)c2[nH]c(-c3ccco3)nc2n1. The molecule has 0 spiro atoms. The molecule has 3 aromatic rings. The Balaban J connectivity index is 1.99. The Kier molecular flexibility index (Phi) is 4.69. The van der Waals surface area contributed by atoms with Gasteiger partial charge in [0.1, 0.15) is 5.52 Å². The summed E-state index contributed by atoms with van der Waals surface area (Å²) in [6, 6.07) is 3.70. The monoisotopic (exact) mass is 328 g/mol. The molecule has 0 bridgehead atoms. The van der Waals surface area contributed by atoms with Crippen LogP contribution in [0.25, 0.3) is 22.7 Å². The van der Waals surface area contributed by atoms with Gasteiger partial charge in [-0.25, -0.2) is 4.98 Å². The maximum absolute atomic E-state index is 5.42. The lowest BCUT2D eigenvalue weighted by atomic mass is 10.2. The fourth-order valence-electron chi connectivity index (χ4n) is 2.23. The molecule has 0 aromatic carbocycles. The number of imidazole rings is 1. The lowest BCUT2D eigenvalue weighted by Gasteiger charge is -2.11. The Hall–Kier alpha value is -2.57. The van der Waals surface area contributed by atoms with E-state index in [0.717, 1.165) is 24.4 Å². The number of aromatic amines is 1. The first-order chi connectivity index (χ1) is 11.5. The molecule has 3 N–H and O–H groups in total. The van der Waals surface area contributed by atoms with Crippen LogP contribution in [0.15, 0.2) is 22.8 Å². The summed E-state index contributed by atoms with van der Waals surface area (Å²) in [7, 11) is 0. The van der Waals surface area contributed by atoms with E-state index in [4.69, 9.17) is 4.42 Å². The molecule has 0 aliphatic rings. The normalized spacial score (nSPS) is 11.6. The maximum Gasteiger partial charge on any atom is 0.226 e. The number of rotatable bonds is 7. The molecule has 0 aliphatic carbocycles. The van der Waals surface area contributed by atoms with E-state index in [-0.39, 0.29) is 0 Å². The molecule has 3 aromatic heterocycles. The molecular weight excluding hydrogens is 304 g/mol. The highest BCUT2D eigenvalue weighted by atomic mass is 16.3. The number of hydrogen-bond donors (Lipinski definition) is 3. The molecule has 0 unspecified atom stereocenters. The van der Waals surface area contributed by atoms with Crippen LogP contribution in [0, 0.1) is 11.8 Å². The minimum atomic E-state index is 0.509. The van der Waals surface area contributed by atoms with Crippen molar-refractivity contribution in [3.05, 3.63) is 18.4 Å². The first-order valence-corrected chi connectivity index (χ1v) is 8.32. The van der Waals surface area contributed by atoms with Gasteiger partial charge in [0, 0.05) is 13.1 Å². The van der Waals surface area contributed by atoms with E-state index in [1.165, 1.54) is 0 Å². The minimum absolute atomic E-state index is 0.509. The molecule has 24 heavy (non-hydrogen) atoms. The summed E-state index contributed by atoms with van der Waals surface area (Å²) in [6.45, 7) is 10.2. The zero-order valence-corrected chi connectivity index (χ0v) is 14.6. The summed E-state index contributed by atoms with van der Waals surface area (Å²) in [5, 5.41) is 6.65. The fourth-order valence-corrected chi connectivity index (χ4v) is 2.23. The van der Waals surface area contributed by atoms with Crippen molar-refractivity contribution < 1.29 is 4.42 Å². The Labute approximate surface area is 141 Å². The molecule has 128 valence electrons. The van der Waals surface area contributed by atoms with E-state index in [1.54, 1.807) is 6.26 Å². The predicted molar refractivity (Wildman–Crippen MR) is 96.0 cm³/mol. The highest BCUT2D eigenvalue weighted by molar-refractivity contribution is 5.86. The summed E-state index contributed by atoms with van der Waals surface area (Å²) in [5.74, 6) is 3.69. The number of nitrogens with one attached hydrogen (secondary N) is 3. The van der Waals surface area contributed by atoms with E-state index in [0.29, 0.717) is 35.0 Å². The van der Waals surface area contributed by atoms with Gasteiger partial charge in [-0.05, 0) is 24.0 Å². The molecular formula is C17H24N6O. The second kappa shape index (κ2) is 6.90. The van der Waals surface area contributed by atoms with Gasteiger partial charge in [0.25, 0.3) is 0 Å². The van der Waals surface area contributed by atoms with Crippen LogP contribution in [0.5, 0.6) is 0 Å². The third-order valence-corrected chi connectivity index (χ3v) is 3.45. The van der Waals surface area contributed by atoms with Crippen LogP contribution in [0.4, 0.5) is 11.8 Å². The first kappa shape index (κ1) is 16.3. The number of hydrogen-bond acceptors (Lipinski definition) is 6. The van der Waals surface area contributed by atoms with Gasteiger partial charge in [0.2, 0.25) is 5.95 Å². The van der Waals surface area contributed by atoms with Crippen molar-refractivity contribution in [2.24, 2.45) is 11.8 Å². The summed E-state index contributed by atoms with van der Waals surface area (Å²) in [4.78, 5) is 16.9. The van der Waals surface area contributed by atoms with E-state index in [9.17, 15) is 0 Å². The van der Waals surface area contributed by atoms with Crippen molar-refractivity contribution in [2.45, 2.75) is 27.7 Å². The number of furan rings is 1. The topological polar surface area (TPSA) is 91.7 Å². The lowest BCUT2D eigenvalue weighted by molar-refractivity contribution is 0.578. The smallest absolute Gasteiger partial charge is 0.226 e. The van der Waals surface area contributed by atoms with Crippen molar-refractivity contribution >= 4 is 22.9 Å². The number of fused-ring (bicyclic) bond motifs is 1. The van der Waals surface area contributed by atoms with Crippen LogP contribution in [0.3, 0.4) is 0 Å². The van der Waals surface area contributed by atoms with Crippen LogP contribution in [0.1, 0.15) is 27.7 Å². The van der Waals surface area contributed by atoms with Gasteiger partial charge in [-0.3, -0.25) is 0 Å². The molecule has 7 heteroatoms. The summed E-state index contributed by atoms with van der Waals surface area (Å²) >= 11 is 0. The van der Waals surface area contributed by atoms with E-state index in [1.807, 2.05) is 12.1 Å². The molecule has 0 atom stereocenters. The fraction of sp³-hybridized carbons (Fsp3) is 0.471. The number of nitrogens with zero attached hydrogens (tertiary/aromatic N) is 3. The standard InChI is InChI=1S/C17H24N6O/c1-10(2)8-18-15-13-16(23-17(22-15)19-9-11(3)4)21-14(20-13)12-6-5-7-24-12/h5-7,10-11H,8-9H2,1-4H3,(H3,18,19,20,21,22,23). The quantitative estimate of drug-likeness (QED) is 0.612. The first-order valence-electron chi connectivity index (χ1n) is 8.32. The van der Waals surface area contributed by atoms with E-state index < -0.39 is 0 Å². The molecule has 0 saturated carbocycles. The van der Waals surface area contributed by atoms with Gasteiger partial charge < -0.3 is 20.0 Å². The van der Waals surface area contributed by atoms with Crippen LogP contribution >= 0.6 is 0 Å². The number of anilines is 2. The average molecular weight is 328 g/mol. The average Bonchev–Trinajstić information content (AvgIpc) is 3.19. The van der Waals surface area contributed by atoms with Crippen LogP contribution in [-0.4, -0.2) is 33.0 Å². The third-order valence-electron chi connectivity index (χ3n) is 3.45. The molecule has 3 rings (SSSR count). The maximum atomic E-state index is 5.42. The predicted octanol–water partition coefficient (Wildman–Crippen LogP) is 3.75. The highest BCUT2D eigenvalue weighted by Crippen LogP contribution is 2.25. The molecule has 0 aliphatic heterocycles. The second-order valence-electron chi connectivity index (χ2n) is 6.71. The van der Waals surface area contributed by atoms with Gasteiger partial charge >= 0.3 is 0 Å². The van der Waals surface area contributed by atoms with Crippen molar-refractivity contribution in [2.75, 3.05) is 23.7 Å². The Morgan fingerprint density at radius 2 is 1.79 bits per heavy atom. The second-order valence-corrected chi connectivity index (χ2v) is 6.71. The van der Waals surface area contributed by atoms with Gasteiger partial charge in [-0.1, -0.05) is 27.7 Å².